The molecule has 7 heteroatoms. The average molecular weight is 426 g/mol. The maximum atomic E-state index is 13.2. The number of carbonyl (C=O) groups excluding carboxylic acids is 2. The Kier molecular flexibility index (Phi) is 5.09. The predicted molar refractivity (Wildman–Crippen MR) is 117 cm³/mol. The largest absolute Gasteiger partial charge is 0.341 e. The highest BCUT2D eigenvalue weighted by atomic mass is 32.1. The van der Waals surface area contributed by atoms with Gasteiger partial charge in [-0.2, -0.15) is 0 Å². The van der Waals surface area contributed by atoms with Crippen molar-refractivity contribution < 1.29 is 9.59 Å². The molecular formula is C22H23N3O2S2. The lowest BCUT2D eigenvalue weighted by Gasteiger charge is -2.35. The van der Waals surface area contributed by atoms with Crippen LogP contribution in [0.15, 0.2) is 41.8 Å². The summed E-state index contributed by atoms with van der Waals surface area (Å²) in [5.41, 5.74) is 1.07. The molecule has 0 bridgehead atoms. The zero-order valence-corrected chi connectivity index (χ0v) is 17.8. The van der Waals surface area contributed by atoms with Crippen LogP contribution in [0.25, 0.3) is 10.2 Å². The molecule has 150 valence electrons. The van der Waals surface area contributed by atoms with Crippen LogP contribution in [0, 0.1) is 0 Å². The fourth-order valence-corrected chi connectivity index (χ4v) is 6.25. The van der Waals surface area contributed by atoms with E-state index in [4.69, 9.17) is 4.98 Å². The Morgan fingerprint density at radius 2 is 1.83 bits per heavy atom. The summed E-state index contributed by atoms with van der Waals surface area (Å²) in [6.07, 6.45) is 3.55. The lowest BCUT2D eigenvalue weighted by Crippen LogP contribution is -2.49. The molecule has 0 spiro atoms. The van der Waals surface area contributed by atoms with Crippen LogP contribution < -0.4 is 0 Å². The molecule has 0 radical (unpaired) electrons. The molecule has 1 aromatic carbocycles. The van der Waals surface area contributed by atoms with Gasteiger partial charge in [0, 0.05) is 25.6 Å². The summed E-state index contributed by atoms with van der Waals surface area (Å²) in [4.78, 5) is 35.3. The second-order valence-electron chi connectivity index (χ2n) is 7.75. The first-order chi connectivity index (χ1) is 14.2. The van der Waals surface area contributed by atoms with Gasteiger partial charge in [-0.3, -0.25) is 9.59 Å². The Morgan fingerprint density at radius 1 is 1.00 bits per heavy atom. The molecule has 2 aromatic heterocycles. The third-order valence-corrected chi connectivity index (χ3v) is 8.05. The molecule has 0 N–H and O–H groups in total. The number of carbonyl (C=O) groups is 2. The summed E-state index contributed by atoms with van der Waals surface area (Å²) >= 11 is 3.22. The van der Waals surface area contributed by atoms with E-state index >= 15 is 0 Å². The molecule has 5 rings (SSSR count). The number of amides is 2. The Balaban J connectivity index is 1.24. The molecule has 2 saturated heterocycles. The van der Waals surface area contributed by atoms with Gasteiger partial charge in [0.2, 0.25) is 5.91 Å². The van der Waals surface area contributed by atoms with Gasteiger partial charge in [0.1, 0.15) is 6.04 Å². The zero-order valence-electron chi connectivity index (χ0n) is 16.1. The van der Waals surface area contributed by atoms with Gasteiger partial charge in [0.25, 0.3) is 5.91 Å². The van der Waals surface area contributed by atoms with E-state index in [-0.39, 0.29) is 17.9 Å². The number of thiazole rings is 1. The van der Waals surface area contributed by atoms with Crippen molar-refractivity contribution in [3.63, 3.8) is 0 Å². The van der Waals surface area contributed by atoms with Crippen molar-refractivity contribution in [2.24, 2.45) is 0 Å². The van der Waals surface area contributed by atoms with Crippen LogP contribution in [0.4, 0.5) is 0 Å². The van der Waals surface area contributed by atoms with Crippen molar-refractivity contribution in [3.05, 3.63) is 51.7 Å². The monoisotopic (exact) mass is 425 g/mol. The van der Waals surface area contributed by atoms with Crippen molar-refractivity contribution in [2.45, 2.75) is 37.6 Å². The maximum Gasteiger partial charge on any atom is 0.264 e. The topological polar surface area (TPSA) is 53.5 Å². The Morgan fingerprint density at radius 3 is 2.59 bits per heavy atom. The van der Waals surface area contributed by atoms with Gasteiger partial charge in [-0.05, 0) is 49.3 Å². The van der Waals surface area contributed by atoms with Gasteiger partial charge < -0.3 is 9.80 Å². The number of likely N-dealkylation sites (tertiary alicyclic amines) is 2. The Bertz CT molecular complexity index is 989. The van der Waals surface area contributed by atoms with E-state index in [1.165, 1.54) is 21.0 Å². The van der Waals surface area contributed by atoms with Gasteiger partial charge in [0.15, 0.2) is 0 Å². The highest BCUT2D eigenvalue weighted by Crippen LogP contribution is 2.34. The summed E-state index contributed by atoms with van der Waals surface area (Å²) in [6, 6.07) is 11.7. The molecule has 2 aliphatic heterocycles. The minimum Gasteiger partial charge on any atom is -0.341 e. The molecule has 1 atom stereocenters. The second-order valence-corrected chi connectivity index (χ2v) is 9.76. The fraction of sp³-hybridized carbons (Fsp3) is 0.409. The molecule has 2 fully saturated rings. The first kappa shape index (κ1) is 18.8. The molecule has 29 heavy (non-hydrogen) atoms. The van der Waals surface area contributed by atoms with Gasteiger partial charge in [0.05, 0.1) is 20.1 Å². The van der Waals surface area contributed by atoms with Crippen LogP contribution in [0.3, 0.4) is 0 Å². The second kappa shape index (κ2) is 7.88. The Labute approximate surface area is 178 Å². The number of rotatable bonds is 3. The van der Waals surface area contributed by atoms with Crippen molar-refractivity contribution >= 4 is 44.7 Å². The summed E-state index contributed by atoms with van der Waals surface area (Å²) in [5, 5.41) is 3.10. The fourth-order valence-electron chi connectivity index (χ4n) is 4.43. The molecular weight excluding hydrogens is 402 g/mol. The number of benzene rings is 1. The van der Waals surface area contributed by atoms with Crippen LogP contribution >= 0.6 is 22.7 Å². The zero-order chi connectivity index (χ0) is 19.8. The smallest absolute Gasteiger partial charge is 0.264 e. The first-order valence-electron chi connectivity index (χ1n) is 10.2. The van der Waals surface area contributed by atoms with Gasteiger partial charge in [-0.15, -0.1) is 22.7 Å². The quantitative estimate of drug-likeness (QED) is 0.626. The minimum atomic E-state index is -0.302. The molecule has 4 heterocycles. The van der Waals surface area contributed by atoms with Crippen LogP contribution in [-0.4, -0.2) is 52.3 Å². The third kappa shape index (κ3) is 3.57. The van der Waals surface area contributed by atoms with Crippen molar-refractivity contribution in [1.82, 2.24) is 14.8 Å². The highest BCUT2D eigenvalue weighted by molar-refractivity contribution is 7.18. The predicted octanol–water partition coefficient (Wildman–Crippen LogP) is 4.37. The van der Waals surface area contributed by atoms with E-state index < -0.39 is 0 Å². The van der Waals surface area contributed by atoms with Crippen LogP contribution in [0.5, 0.6) is 0 Å². The van der Waals surface area contributed by atoms with Crippen LogP contribution in [0.1, 0.15) is 46.3 Å². The molecule has 2 amide bonds. The third-order valence-electron chi connectivity index (χ3n) is 6.00. The van der Waals surface area contributed by atoms with Crippen molar-refractivity contribution in [3.8, 4) is 0 Å². The van der Waals surface area contributed by atoms with E-state index in [0.29, 0.717) is 12.5 Å². The number of thiophene rings is 1. The summed E-state index contributed by atoms with van der Waals surface area (Å²) in [5.74, 6) is 0.541. The number of aromatic nitrogens is 1. The highest BCUT2D eigenvalue weighted by Gasteiger charge is 2.38. The number of hydrogen-bond acceptors (Lipinski definition) is 5. The molecule has 0 saturated carbocycles. The van der Waals surface area contributed by atoms with E-state index in [1.54, 1.807) is 16.2 Å². The van der Waals surface area contributed by atoms with E-state index in [2.05, 4.69) is 18.2 Å². The number of hydrogen-bond donors (Lipinski definition) is 0. The molecule has 3 aromatic rings. The number of para-hydroxylation sites is 1. The van der Waals surface area contributed by atoms with Crippen molar-refractivity contribution in [2.75, 3.05) is 19.6 Å². The van der Waals surface area contributed by atoms with Crippen LogP contribution in [0.2, 0.25) is 0 Å². The van der Waals surface area contributed by atoms with Gasteiger partial charge in [-0.1, -0.05) is 18.2 Å². The maximum absolute atomic E-state index is 13.2. The normalized spacial score (nSPS) is 20.5. The Hall–Kier alpha value is -2.25. The molecule has 2 aliphatic rings. The molecule has 0 aliphatic carbocycles. The summed E-state index contributed by atoms with van der Waals surface area (Å²) in [6.45, 7) is 2.17. The summed E-state index contributed by atoms with van der Waals surface area (Å²) < 4.78 is 1.23. The van der Waals surface area contributed by atoms with E-state index in [1.807, 2.05) is 28.5 Å². The van der Waals surface area contributed by atoms with Crippen molar-refractivity contribution in [1.29, 1.82) is 0 Å². The van der Waals surface area contributed by atoms with Crippen LogP contribution in [-0.2, 0) is 4.79 Å². The summed E-state index contributed by atoms with van der Waals surface area (Å²) in [7, 11) is 0. The van der Waals surface area contributed by atoms with Gasteiger partial charge >= 0.3 is 0 Å². The lowest BCUT2D eigenvalue weighted by molar-refractivity contribution is -0.136. The number of piperidine rings is 1. The van der Waals surface area contributed by atoms with Gasteiger partial charge in [-0.25, -0.2) is 4.98 Å². The molecule has 5 nitrogen and oxygen atoms in total. The molecule has 0 unspecified atom stereocenters. The number of fused-ring (bicyclic) bond motifs is 1. The lowest BCUT2D eigenvalue weighted by atomic mass is 9.97. The SMILES string of the molecule is O=C([C@@H]1CCCN1C(=O)c1cccs1)N1CCC(c2nc3ccccc3s2)CC1. The standard InChI is InChI=1S/C22H23N3O2S2/c26-21(17-6-3-11-25(17)22(27)19-8-4-14-28-19)24-12-9-15(10-13-24)20-23-16-5-1-2-7-18(16)29-20/h1-2,4-5,7-8,14-15,17H,3,6,9-13H2/t17-/m0/s1. The van der Waals surface area contributed by atoms with E-state index in [9.17, 15) is 9.59 Å². The first-order valence-corrected chi connectivity index (χ1v) is 11.9. The van der Waals surface area contributed by atoms with E-state index in [0.717, 1.165) is 49.2 Å². The number of nitrogens with zero attached hydrogens (tertiary/aromatic N) is 3. The minimum absolute atomic E-state index is 0.000196. The average Bonchev–Trinajstić information content (AvgIpc) is 3.53.